The van der Waals surface area contributed by atoms with E-state index in [-0.39, 0.29) is 18.4 Å². The van der Waals surface area contributed by atoms with Crippen LogP contribution in [0.1, 0.15) is 29.6 Å². The van der Waals surface area contributed by atoms with Gasteiger partial charge in [-0.1, -0.05) is 24.2 Å². The molecule has 0 aliphatic carbocycles. The van der Waals surface area contributed by atoms with Gasteiger partial charge in [0.05, 0.1) is 0 Å². The van der Waals surface area contributed by atoms with Gasteiger partial charge in [0, 0.05) is 31.2 Å². The van der Waals surface area contributed by atoms with Gasteiger partial charge in [-0.2, -0.15) is 4.98 Å². The Kier molecular flexibility index (Phi) is 5.05. The van der Waals surface area contributed by atoms with Gasteiger partial charge in [0.2, 0.25) is 11.7 Å². The molecule has 0 saturated heterocycles. The molecule has 1 aromatic carbocycles. The van der Waals surface area contributed by atoms with E-state index < -0.39 is 0 Å². The maximum absolute atomic E-state index is 12.1. The van der Waals surface area contributed by atoms with E-state index in [1.54, 1.807) is 25.1 Å². The van der Waals surface area contributed by atoms with Crippen molar-refractivity contribution in [1.29, 1.82) is 0 Å². The molecule has 0 radical (unpaired) electrons. The van der Waals surface area contributed by atoms with Gasteiger partial charge in [-0.15, -0.1) is 0 Å². The minimum absolute atomic E-state index is 0.129. The van der Waals surface area contributed by atoms with Crippen LogP contribution in [0.4, 0.5) is 0 Å². The van der Waals surface area contributed by atoms with Gasteiger partial charge in [-0.25, -0.2) is 0 Å². The molecule has 1 aromatic heterocycles. The van der Waals surface area contributed by atoms with Gasteiger partial charge in [-0.05, 0) is 24.5 Å². The Labute approximate surface area is 123 Å². The summed E-state index contributed by atoms with van der Waals surface area (Å²) in [5.41, 5.74) is 1.29. The maximum Gasteiger partial charge on any atom is 0.251 e. The van der Waals surface area contributed by atoms with Crippen LogP contribution < -0.4 is 5.32 Å². The lowest BCUT2D eigenvalue weighted by molar-refractivity contribution is 0.0945. The van der Waals surface area contributed by atoms with E-state index in [4.69, 9.17) is 9.63 Å². The van der Waals surface area contributed by atoms with E-state index in [1.807, 2.05) is 13.0 Å². The van der Waals surface area contributed by atoms with Crippen molar-refractivity contribution in [1.82, 2.24) is 15.5 Å². The summed E-state index contributed by atoms with van der Waals surface area (Å²) < 4.78 is 4.94. The smallest absolute Gasteiger partial charge is 0.251 e. The van der Waals surface area contributed by atoms with Crippen molar-refractivity contribution >= 4 is 5.91 Å². The predicted molar refractivity (Wildman–Crippen MR) is 77.7 cm³/mol. The Morgan fingerprint density at radius 3 is 2.95 bits per heavy atom. The molecule has 0 spiro atoms. The van der Waals surface area contributed by atoms with Crippen molar-refractivity contribution in [3.05, 3.63) is 35.7 Å². The van der Waals surface area contributed by atoms with Crippen molar-refractivity contribution in [2.45, 2.75) is 20.3 Å². The molecule has 1 atom stereocenters. The quantitative estimate of drug-likeness (QED) is 0.846. The molecule has 2 rings (SSSR count). The largest absolute Gasteiger partial charge is 0.396 e. The van der Waals surface area contributed by atoms with Crippen molar-refractivity contribution in [2.75, 3.05) is 13.2 Å². The molecule has 1 unspecified atom stereocenters. The van der Waals surface area contributed by atoms with Crippen LogP contribution in [0.5, 0.6) is 0 Å². The lowest BCUT2D eigenvalue weighted by Crippen LogP contribution is -2.28. The zero-order chi connectivity index (χ0) is 15.2. The number of aryl methyl sites for hydroxylation is 1. The van der Waals surface area contributed by atoms with Gasteiger partial charge in [0.25, 0.3) is 5.91 Å². The highest BCUT2D eigenvalue weighted by atomic mass is 16.5. The SMILES string of the molecule is Cc1nc(-c2cccc(C(=O)NCC(C)CCO)c2)no1. The molecular formula is C15H19N3O3. The van der Waals surface area contributed by atoms with E-state index in [0.717, 1.165) is 5.56 Å². The Morgan fingerprint density at radius 1 is 1.48 bits per heavy atom. The number of hydrogen-bond donors (Lipinski definition) is 2. The molecule has 6 nitrogen and oxygen atoms in total. The molecule has 112 valence electrons. The second-order valence-electron chi connectivity index (χ2n) is 5.05. The summed E-state index contributed by atoms with van der Waals surface area (Å²) in [6.07, 6.45) is 0.669. The number of rotatable bonds is 6. The molecule has 0 aliphatic rings. The van der Waals surface area contributed by atoms with E-state index in [0.29, 0.717) is 30.2 Å². The van der Waals surface area contributed by atoms with Crippen molar-refractivity contribution < 1.29 is 14.4 Å². The number of carbonyl (C=O) groups is 1. The van der Waals surface area contributed by atoms with Gasteiger partial charge in [-0.3, -0.25) is 4.79 Å². The average Bonchev–Trinajstić information content (AvgIpc) is 2.92. The number of aliphatic hydroxyl groups is 1. The molecule has 1 heterocycles. The normalized spacial score (nSPS) is 12.1. The highest BCUT2D eigenvalue weighted by Crippen LogP contribution is 2.17. The first-order valence-corrected chi connectivity index (χ1v) is 6.90. The fraction of sp³-hybridized carbons (Fsp3) is 0.400. The van der Waals surface area contributed by atoms with Gasteiger partial charge >= 0.3 is 0 Å². The van der Waals surface area contributed by atoms with Crippen LogP contribution in [-0.2, 0) is 0 Å². The van der Waals surface area contributed by atoms with Gasteiger partial charge in [0.1, 0.15) is 0 Å². The highest BCUT2D eigenvalue weighted by molar-refractivity contribution is 5.95. The monoisotopic (exact) mass is 289 g/mol. The highest BCUT2D eigenvalue weighted by Gasteiger charge is 2.11. The third-order valence-corrected chi connectivity index (χ3v) is 3.14. The number of aliphatic hydroxyl groups excluding tert-OH is 1. The zero-order valence-corrected chi connectivity index (χ0v) is 12.2. The molecular weight excluding hydrogens is 270 g/mol. The van der Waals surface area contributed by atoms with Crippen LogP contribution in [0.3, 0.4) is 0 Å². The number of nitrogens with one attached hydrogen (secondary N) is 1. The second kappa shape index (κ2) is 6.99. The fourth-order valence-corrected chi connectivity index (χ4v) is 1.91. The average molecular weight is 289 g/mol. The standard InChI is InChI=1S/C15H19N3O3/c1-10(6-7-19)9-16-15(20)13-5-3-4-12(8-13)14-17-11(2)21-18-14/h3-5,8,10,19H,6-7,9H2,1-2H3,(H,16,20). The third kappa shape index (κ3) is 4.13. The predicted octanol–water partition coefficient (Wildman–Crippen LogP) is 1.79. The number of nitrogens with zero attached hydrogens (tertiary/aromatic N) is 2. The number of carbonyl (C=O) groups excluding carboxylic acids is 1. The number of benzene rings is 1. The summed E-state index contributed by atoms with van der Waals surface area (Å²) in [7, 11) is 0. The summed E-state index contributed by atoms with van der Waals surface area (Å²) >= 11 is 0. The van der Waals surface area contributed by atoms with E-state index >= 15 is 0 Å². The molecule has 2 N–H and O–H groups in total. The Bertz CT molecular complexity index is 610. The van der Waals surface area contributed by atoms with Crippen LogP contribution >= 0.6 is 0 Å². The molecule has 0 saturated carbocycles. The topological polar surface area (TPSA) is 88.2 Å². The Hall–Kier alpha value is -2.21. The van der Waals surface area contributed by atoms with E-state index in [2.05, 4.69) is 15.5 Å². The van der Waals surface area contributed by atoms with Crippen molar-refractivity contribution in [2.24, 2.45) is 5.92 Å². The summed E-state index contributed by atoms with van der Waals surface area (Å²) in [6, 6.07) is 7.08. The van der Waals surface area contributed by atoms with Crippen molar-refractivity contribution in [3.63, 3.8) is 0 Å². The summed E-state index contributed by atoms with van der Waals surface area (Å²) in [5, 5.41) is 15.5. The van der Waals surface area contributed by atoms with Crippen molar-refractivity contribution in [3.8, 4) is 11.4 Å². The van der Waals surface area contributed by atoms with E-state index in [1.165, 1.54) is 0 Å². The molecule has 2 aromatic rings. The van der Waals surface area contributed by atoms with Crippen LogP contribution in [0, 0.1) is 12.8 Å². The molecule has 21 heavy (non-hydrogen) atoms. The van der Waals surface area contributed by atoms with Crippen LogP contribution in [0.2, 0.25) is 0 Å². The molecule has 6 heteroatoms. The number of aromatic nitrogens is 2. The number of hydrogen-bond acceptors (Lipinski definition) is 5. The molecule has 0 fully saturated rings. The van der Waals surface area contributed by atoms with E-state index in [9.17, 15) is 4.79 Å². The summed E-state index contributed by atoms with van der Waals surface area (Å²) in [6.45, 7) is 4.36. The van der Waals surface area contributed by atoms with Crippen LogP contribution in [-0.4, -0.2) is 34.3 Å². The first-order chi connectivity index (χ1) is 10.1. The first kappa shape index (κ1) is 15.2. The van der Waals surface area contributed by atoms with Gasteiger partial charge < -0.3 is 14.9 Å². The van der Waals surface area contributed by atoms with Crippen LogP contribution in [0.15, 0.2) is 28.8 Å². The Morgan fingerprint density at radius 2 is 2.29 bits per heavy atom. The molecule has 0 bridgehead atoms. The lowest BCUT2D eigenvalue weighted by Gasteiger charge is -2.11. The van der Waals surface area contributed by atoms with Crippen LogP contribution in [0.25, 0.3) is 11.4 Å². The summed E-state index contributed by atoms with van der Waals surface area (Å²) in [5.74, 6) is 1.04. The fourth-order valence-electron chi connectivity index (χ4n) is 1.91. The summed E-state index contributed by atoms with van der Waals surface area (Å²) in [4.78, 5) is 16.2. The Balaban J connectivity index is 2.05. The van der Waals surface area contributed by atoms with Gasteiger partial charge in [0.15, 0.2) is 0 Å². The molecule has 1 amide bonds. The lowest BCUT2D eigenvalue weighted by atomic mass is 10.1. The zero-order valence-electron chi connectivity index (χ0n) is 12.2. The number of amides is 1. The third-order valence-electron chi connectivity index (χ3n) is 3.14. The molecule has 0 aliphatic heterocycles. The minimum Gasteiger partial charge on any atom is -0.396 e. The second-order valence-corrected chi connectivity index (χ2v) is 5.05. The minimum atomic E-state index is -0.151. The first-order valence-electron chi connectivity index (χ1n) is 6.90. The maximum atomic E-state index is 12.1.